The van der Waals surface area contributed by atoms with Crippen LogP contribution in [0.5, 0.6) is 5.75 Å². The Kier molecular flexibility index (Phi) is 8.86. The maximum absolute atomic E-state index is 14.1. The molecule has 1 aliphatic heterocycles. The molecule has 1 aliphatic rings. The first kappa shape index (κ1) is 29.6. The van der Waals surface area contributed by atoms with Crippen molar-refractivity contribution in [1.29, 1.82) is 0 Å². The Morgan fingerprint density at radius 1 is 1.18 bits per heavy atom. The van der Waals surface area contributed by atoms with Crippen LogP contribution in [0.4, 0.5) is 37.7 Å². The summed E-state index contributed by atoms with van der Waals surface area (Å²) in [6.45, 7) is 0.347. The highest BCUT2D eigenvalue weighted by Crippen LogP contribution is 2.45. The van der Waals surface area contributed by atoms with Crippen LogP contribution in [0.3, 0.4) is 0 Å². The molecule has 0 aliphatic carbocycles. The molecule has 2 aromatic carbocycles. The van der Waals surface area contributed by atoms with Crippen molar-refractivity contribution in [3.8, 4) is 5.75 Å². The van der Waals surface area contributed by atoms with Crippen molar-refractivity contribution in [2.45, 2.75) is 49.7 Å². The number of carboxylic acids is 1. The molecule has 7 nitrogen and oxygen atoms in total. The lowest BCUT2D eigenvalue weighted by Crippen LogP contribution is -2.40. The SMILES string of the molecule is C[C@H](COc1cc2c(cc1C(F)(F)F)N(c1ccc(F)cc1)C[C@H](CCCC(F)F)N(C)S2(=O)=O)C(=O)O. The molecule has 0 spiro atoms. The van der Waals surface area contributed by atoms with Gasteiger partial charge in [-0.05, 0) is 50.1 Å². The minimum Gasteiger partial charge on any atom is -0.492 e. The molecule has 1 N–H and O–H groups in total. The van der Waals surface area contributed by atoms with E-state index in [9.17, 15) is 39.6 Å². The van der Waals surface area contributed by atoms with Crippen molar-refractivity contribution >= 4 is 27.4 Å². The minimum atomic E-state index is -5.01. The summed E-state index contributed by atoms with van der Waals surface area (Å²) in [6, 6.07) is 5.00. The number of alkyl halides is 5. The first-order valence-corrected chi connectivity index (χ1v) is 13.0. The number of hydrogen-bond acceptors (Lipinski definition) is 5. The molecule has 0 saturated heterocycles. The summed E-state index contributed by atoms with van der Waals surface area (Å²) in [4.78, 5) is 11.8. The lowest BCUT2D eigenvalue weighted by Gasteiger charge is -2.30. The predicted molar refractivity (Wildman–Crippen MR) is 126 cm³/mol. The molecule has 0 bridgehead atoms. The van der Waals surface area contributed by atoms with Gasteiger partial charge in [0.1, 0.15) is 23.1 Å². The van der Waals surface area contributed by atoms with E-state index in [0.29, 0.717) is 12.1 Å². The number of fused-ring (bicyclic) bond motifs is 1. The molecule has 0 unspecified atom stereocenters. The molecule has 14 heteroatoms. The number of hydrogen-bond donors (Lipinski definition) is 1. The zero-order valence-corrected chi connectivity index (χ0v) is 21.2. The average molecular weight is 569 g/mol. The highest BCUT2D eigenvalue weighted by molar-refractivity contribution is 7.89. The zero-order chi connectivity index (χ0) is 28.4. The summed E-state index contributed by atoms with van der Waals surface area (Å²) in [6.07, 6.45) is -8.19. The third-order valence-electron chi connectivity index (χ3n) is 6.23. The molecule has 38 heavy (non-hydrogen) atoms. The number of rotatable bonds is 9. The van der Waals surface area contributed by atoms with Gasteiger partial charge in [-0.15, -0.1) is 0 Å². The van der Waals surface area contributed by atoms with Crippen LogP contribution >= 0.6 is 0 Å². The Balaban J connectivity index is 2.21. The van der Waals surface area contributed by atoms with E-state index in [2.05, 4.69) is 0 Å². The van der Waals surface area contributed by atoms with E-state index < -0.39 is 75.6 Å². The zero-order valence-electron chi connectivity index (χ0n) is 20.4. The van der Waals surface area contributed by atoms with E-state index in [4.69, 9.17) is 9.84 Å². The Hall–Kier alpha value is -3.00. The molecule has 3 rings (SSSR count). The van der Waals surface area contributed by atoms with Gasteiger partial charge in [-0.2, -0.15) is 17.5 Å². The van der Waals surface area contributed by atoms with Gasteiger partial charge in [0, 0.05) is 37.8 Å². The third-order valence-corrected chi connectivity index (χ3v) is 8.17. The summed E-state index contributed by atoms with van der Waals surface area (Å²) < 4.78 is 115. The van der Waals surface area contributed by atoms with Crippen LogP contribution in [0, 0.1) is 11.7 Å². The Labute approximate surface area is 215 Å². The van der Waals surface area contributed by atoms with E-state index in [1.165, 1.54) is 31.0 Å². The fourth-order valence-corrected chi connectivity index (χ4v) is 5.58. The molecule has 1 heterocycles. The number of halogens is 6. The van der Waals surface area contributed by atoms with Gasteiger partial charge in [0.05, 0.1) is 17.2 Å². The van der Waals surface area contributed by atoms with Crippen molar-refractivity contribution in [2.75, 3.05) is 25.1 Å². The average Bonchev–Trinajstić information content (AvgIpc) is 2.90. The normalized spacial score (nSPS) is 18.7. The molecule has 0 fully saturated rings. The van der Waals surface area contributed by atoms with Gasteiger partial charge in [0.25, 0.3) is 0 Å². The molecule has 2 aromatic rings. The van der Waals surface area contributed by atoms with Gasteiger partial charge >= 0.3 is 12.1 Å². The van der Waals surface area contributed by atoms with Crippen LogP contribution in [-0.2, 0) is 21.0 Å². The number of carbonyl (C=O) groups is 1. The van der Waals surface area contributed by atoms with Crippen molar-refractivity contribution < 1.29 is 49.4 Å². The highest BCUT2D eigenvalue weighted by atomic mass is 32.2. The van der Waals surface area contributed by atoms with Gasteiger partial charge in [0.2, 0.25) is 16.4 Å². The van der Waals surface area contributed by atoms with Crippen molar-refractivity contribution in [3.05, 3.63) is 47.8 Å². The number of sulfonamides is 1. The quantitative estimate of drug-likeness (QED) is 0.401. The number of nitrogens with zero attached hydrogens (tertiary/aromatic N) is 2. The largest absolute Gasteiger partial charge is 0.492 e. The number of ether oxygens (including phenoxy) is 1. The van der Waals surface area contributed by atoms with Crippen LogP contribution in [-0.4, -0.2) is 56.5 Å². The molecule has 0 radical (unpaired) electrons. The van der Waals surface area contributed by atoms with E-state index in [0.717, 1.165) is 16.4 Å². The second-order valence-electron chi connectivity index (χ2n) is 8.95. The van der Waals surface area contributed by atoms with Crippen molar-refractivity contribution in [1.82, 2.24) is 4.31 Å². The first-order valence-electron chi connectivity index (χ1n) is 11.5. The van der Waals surface area contributed by atoms with Crippen LogP contribution in [0.15, 0.2) is 41.3 Å². The van der Waals surface area contributed by atoms with E-state index >= 15 is 0 Å². The smallest absolute Gasteiger partial charge is 0.420 e. The molecule has 2 atom stereocenters. The molecule has 0 aromatic heterocycles. The predicted octanol–water partition coefficient (Wildman–Crippen LogP) is 5.52. The molecule has 210 valence electrons. The van der Waals surface area contributed by atoms with Gasteiger partial charge in [-0.25, -0.2) is 21.6 Å². The summed E-state index contributed by atoms with van der Waals surface area (Å²) in [5.74, 6) is -4.02. The summed E-state index contributed by atoms with van der Waals surface area (Å²) in [5.41, 5.74) is -1.53. The number of anilines is 2. The standard InChI is InChI=1S/C24H26F6N2O5S/c1-14(23(33)34)13-37-20-11-21-19(10-18(20)24(28,29)30)32(16-8-6-15(25)7-9-16)12-17(4-3-5-22(26)27)31(2)38(21,35)36/h6-11,14,17,22H,3-5,12-13H2,1-2H3,(H,33,34)/t14-,17+/m1/s1. The minimum absolute atomic E-state index is 0.0165. The molecular weight excluding hydrogens is 542 g/mol. The van der Waals surface area contributed by atoms with E-state index in [1.54, 1.807) is 0 Å². The second-order valence-corrected chi connectivity index (χ2v) is 10.9. The van der Waals surface area contributed by atoms with Crippen molar-refractivity contribution in [3.63, 3.8) is 0 Å². The number of aliphatic carboxylic acids is 1. The van der Waals surface area contributed by atoms with Crippen LogP contribution in [0.2, 0.25) is 0 Å². The first-order chi connectivity index (χ1) is 17.6. The molecular formula is C24H26F6N2O5S. The van der Waals surface area contributed by atoms with E-state index in [1.807, 2.05) is 0 Å². The summed E-state index contributed by atoms with van der Waals surface area (Å²) >= 11 is 0. The third kappa shape index (κ3) is 6.52. The molecule has 0 amide bonds. The van der Waals surface area contributed by atoms with Gasteiger partial charge < -0.3 is 14.7 Å². The fourth-order valence-electron chi connectivity index (χ4n) is 4.02. The molecule has 0 saturated carbocycles. The summed E-state index contributed by atoms with van der Waals surface area (Å²) in [5, 5.41) is 9.07. The highest BCUT2D eigenvalue weighted by Gasteiger charge is 2.42. The van der Waals surface area contributed by atoms with Crippen LogP contribution < -0.4 is 9.64 Å². The lowest BCUT2D eigenvalue weighted by atomic mass is 10.1. The topological polar surface area (TPSA) is 87.2 Å². The number of likely N-dealkylation sites (N-methyl/N-ethyl adjacent to an activating group) is 1. The van der Waals surface area contributed by atoms with E-state index in [-0.39, 0.29) is 30.8 Å². The monoisotopic (exact) mass is 568 g/mol. The Morgan fingerprint density at radius 2 is 1.82 bits per heavy atom. The van der Waals surface area contributed by atoms with Crippen LogP contribution in [0.25, 0.3) is 0 Å². The van der Waals surface area contributed by atoms with Crippen LogP contribution in [0.1, 0.15) is 31.7 Å². The maximum Gasteiger partial charge on any atom is 0.420 e. The van der Waals surface area contributed by atoms with Crippen molar-refractivity contribution in [2.24, 2.45) is 5.92 Å². The van der Waals surface area contributed by atoms with Gasteiger partial charge in [-0.3, -0.25) is 4.79 Å². The number of carboxylic acid groups (broad SMARTS) is 1. The number of benzene rings is 2. The second kappa shape index (κ2) is 11.4. The van der Waals surface area contributed by atoms with Gasteiger partial charge in [-0.1, -0.05) is 0 Å². The lowest BCUT2D eigenvalue weighted by molar-refractivity contribution is -0.142. The summed E-state index contributed by atoms with van der Waals surface area (Å²) in [7, 11) is -3.28. The maximum atomic E-state index is 14.1. The Bertz CT molecular complexity index is 1250. The van der Waals surface area contributed by atoms with Gasteiger partial charge in [0.15, 0.2) is 0 Å². The Morgan fingerprint density at radius 3 is 2.37 bits per heavy atom. The fraction of sp³-hybridized carbons (Fsp3) is 0.458.